The number of carbonyl (C=O) groups is 2. The van der Waals surface area contributed by atoms with Gasteiger partial charge in [0.05, 0.1) is 38.0 Å². The molecule has 1 amide bonds. The lowest BCUT2D eigenvalue weighted by molar-refractivity contribution is -0.140. The third kappa shape index (κ3) is 6.42. The maximum absolute atomic E-state index is 13.6. The summed E-state index contributed by atoms with van der Waals surface area (Å²) >= 11 is 0. The Bertz CT molecular complexity index is 1330. The summed E-state index contributed by atoms with van der Waals surface area (Å²) in [5.41, 5.74) is 2.20. The van der Waals surface area contributed by atoms with E-state index in [-0.39, 0.29) is 17.4 Å². The summed E-state index contributed by atoms with van der Waals surface area (Å²) in [6.07, 6.45) is 1.66. The maximum Gasteiger partial charge on any atom is 0.295 e. The molecular weight excluding hydrogens is 536 g/mol. The van der Waals surface area contributed by atoms with Crippen molar-refractivity contribution in [3.63, 3.8) is 0 Å². The highest BCUT2D eigenvalue weighted by Crippen LogP contribution is 2.43. The molecule has 0 saturated carbocycles. The molecule has 0 unspecified atom stereocenters. The van der Waals surface area contributed by atoms with Crippen LogP contribution in [0.1, 0.15) is 56.8 Å². The number of morpholine rings is 1. The van der Waals surface area contributed by atoms with Gasteiger partial charge in [-0.3, -0.25) is 14.5 Å². The highest BCUT2D eigenvalue weighted by Gasteiger charge is 2.46. The normalized spacial score (nSPS) is 22.0. The van der Waals surface area contributed by atoms with Crippen LogP contribution in [0.2, 0.25) is 0 Å². The second kappa shape index (κ2) is 13.2. The van der Waals surface area contributed by atoms with Gasteiger partial charge in [-0.15, -0.1) is 0 Å². The lowest BCUT2D eigenvalue weighted by Crippen LogP contribution is -2.42. The Morgan fingerprint density at radius 3 is 2.57 bits per heavy atom. The first-order valence-corrected chi connectivity index (χ1v) is 15.0. The first kappa shape index (κ1) is 29.9. The van der Waals surface area contributed by atoms with Crippen molar-refractivity contribution in [3.05, 3.63) is 58.7 Å². The van der Waals surface area contributed by atoms with Crippen molar-refractivity contribution < 1.29 is 33.6 Å². The molecule has 0 spiro atoms. The van der Waals surface area contributed by atoms with Crippen LogP contribution in [0, 0.1) is 5.92 Å². The molecule has 3 aliphatic heterocycles. The number of hydrogen-bond donors (Lipinski definition) is 1. The first-order chi connectivity index (χ1) is 20.3. The van der Waals surface area contributed by atoms with Crippen molar-refractivity contribution in [2.24, 2.45) is 5.92 Å². The van der Waals surface area contributed by atoms with Gasteiger partial charge in [0.1, 0.15) is 17.6 Å². The van der Waals surface area contributed by atoms with E-state index in [0.29, 0.717) is 74.5 Å². The molecule has 9 nitrogen and oxygen atoms in total. The topological polar surface area (TPSA) is 97.8 Å². The van der Waals surface area contributed by atoms with Gasteiger partial charge >= 0.3 is 0 Å². The molecule has 2 aromatic rings. The zero-order valence-electron chi connectivity index (χ0n) is 25.1. The fraction of sp³-hybridized carbons (Fsp3) is 0.515. The number of aliphatic hydroxyl groups excluding tert-OH is 1. The molecule has 9 heteroatoms. The number of ether oxygens (including phenoxy) is 4. The Hall–Kier alpha value is -3.56. The van der Waals surface area contributed by atoms with Crippen molar-refractivity contribution in [1.29, 1.82) is 0 Å². The average Bonchev–Trinajstić information content (AvgIpc) is 3.47. The van der Waals surface area contributed by atoms with Crippen LogP contribution in [-0.2, 0) is 20.7 Å². The molecule has 2 fully saturated rings. The van der Waals surface area contributed by atoms with Gasteiger partial charge in [-0.2, -0.15) is 0 Å². The highest BCUT2D eigenvalue weighted by molar-refractivity contribution is 6.46. The number of Topliss-reactive ketones (excluding diaryl/α,β-unsaturated/α-hetero) is 1. The van der Waals surface area contributed by atoms with E-state index < -0.39 is 17.7 Å². The summed E-state index contributed by atoms with van der Waals surface area (Å²) in [7, 11) is 0. The van der Waals surface area contributed by atoms with Crippen molar-refractivity contribution in [2.75, 3.05) is 52.6 Å². The molecule has 3 heterocycles. The minimum atomic E-state index is -0.779. The van der Waals surface area contributed by atoms with Crippen molar-refractivity contribution in [2.45, 2.75) is 52.7 Å². The third-order valence-corrected chi connectivity index (χ3v) is 8.01. The molecule has 0 bridgehead atoms. The van der Waals surface area contributed by atoms with E-state index in [9.17, 15) is 14.7 Å². The number of ketones is 1. The van der Waals surface area contributed by atoms with E-state index in [1.807, 2.05) is 44.2 Å². The van der Waals surface area contributed by atoms with Crippen LogP contribution in [-0.4, -0.2) is 85.3 Å². The number of benzene rings is 2. The second-order valence-electron chi connectivity index (χ2n) is 11.6. The number of rotatable bonds is 11. The average molecular weight is 579 g/mol. The molecule has 2 saturated heterocycles. The first-order valence-electron chi connectivity index (χ1n) is 15.0. The van der Waals surface area contributed by atoms with Crippen LogP contribution < -0.4 is 14.2 Å². The molecule has 1 N–H and O–H groups in total. The fourth-order valence-electron chi connectivity index (χ4n) is 5.74. The highest BCUT2D eigenvalue weighted by atomic mass is 16.5. The number of likely N-dealkylation sites (tertiary alicyclic amines) is 1. The molecule has 0 aromatic heterocycles. The maximum atomic E-state index is 13.6. The molecule has 0 radical (unpaired) electrons. The van der Waals surface area contributed by atoms with E-state index in [0.717, 1.165) is 30.8 Å². The van der Waals surface area contributed by atoms with E-state index >= 15 is 0 Å². The minimum Gasteiger partial charge on any atom is -0.507 e. The lowest BCUT2D eigenvalue weighted by Gasteiger charge is -2.31. The van der Waals surface area contributed by atoms with Crippen molar-refractivity contribution in [3.8, 4) is 17.2 Å². The lowest BCUT2D eigenvalue weighted by atomic mass is 9.94. The van der Waals surface area contributed by atoms with Gasteiger partial charge in [-0.05, 0) is 67.6 Å². The zero-order chi connectivity index (χ0) is 29.8. The molecule has 2 atom stereocenters. The summed E-state index contributed by atoms with van der Waals surface area (Å²) in [4.78, 5) is 30.9. The van der Waals surface area contributed by atoms with Crippen LogP contribution in [0.4, 0.5) is 0 Å². The van der Waals surface area contributed by atoms with Gasteiger partial charge in [0.2, 0.25) is 0 Å². The number of aliphatic hydroxyl groups is 1. The van der Waals surface area contributed by atoms with E-state index in [1.54, 1.807) is 11.0 Å². The van der Waals surface area contributed by atoms with Gasteiger partial charge in [-0.25, -0.2) is 0 Å². The SMILES string of the molecule is CCOc1cc([C@@H]2C(=C(O)c3ccc4c(c3)C[C@@H](C)O4)C(=O)C(=O)N2CCN2CCOCC2)ccc1OCCC(C)C. The van der Waals surface area contributed by atoms with E-state index in [4.69, 9.17) is 18.9 Å². The smallest absolute Gasteiger partial charge is 0.295 e. The number of hydrogen-bond acceptors (Lipinski definition) is 8. The molecule has 3 aliphatic rings. The Morgan fingerprint density at radius 1 is 1.05 bits per heavy atom. The summed E-state index contributed by atoms with van der Waals surface area (Å²) in [6, 6.07) is 10.1. The summed E-state index contributed by atoms with van der Waals surface area (Å²) in [5.74, 6) is 0.921. The number of nitrogens with zero attached hydrogens (tertiary/aromatic N) is 2. The summed E-state index contributed by atoms with van der Waals surface area (Å²) in [6.45, 7) is 12.9. The van der Waals surface area contributed by atoms with Gasteiger partial charge in [0.15, 0.2) is 11.5 Å². The van der Waals surface area contributed by atoms with Crippen molar-refractivity contribution >= 4 is 17.4 Å². The molecule has 0 aliphatic carbocycles. The quantitative estimate of drug-likeness (QED) is 0.235. The van der Waals surface area contributed by atoms with E-state index in [1.165, 1.54) is 0 Å². The largest absolute Gasteiger partial charge is 0.507 e. The zero-order valence-corrected chi connectivity index (χ0v) is 25.1. The summed E-state index contributed by atoms with van der Waals surface area (Å²) in [5, 5.41) is 11.6. The summed E-state index contributed by atoms with van der Waals surface area (Å²) < 4.78 is 23.3. The second-order valence-corrected chi connectivity index (χ2v) is 11.6. The number of fused-ring (bicyclic) bond motifs is 1. The molecule has 2 aromatic carbocycles. The van der Waals surface area contributed by atoms with Crippen LogP contribution in [0.5, 0.6) is 17.2 Å². The molecule has 42 heavy (non-hydrogen) atoms. The van der Waals surface area contributed by atoms with Gasteiger partial charge < -0.3 is 29.0 Å². The van der Waals surface area contributed by atoms with Crippen molar-refractivity contribution in [1.82, 2.24) is 9.80 Å². The number of amides is 1. The van der Waals surface area contributed by atoms with Crippen LogP contribution >= 0.6 is 0 Å². The predicted octanol–water partition coefficient (Wildman–Crippen LogP) is 4.59. The van der Waals surface area contributed by atoms with Crippen LogP contribution in [0.25, 0.3) is 5.76 Å². The van der Waals surface area contributed by atoms with Crippen LogP contribution in [0.15, 0.2) is 42.0 Å². The monoisotopic (exact) mass is 578 g/mol. The van der Waals surface area contributed by atoms with Gasteiger partial charge in [-0.1, -0.05) is 19.9 Å². The number of carbonyl (C=O) groups excluding carboxylic acids is 2. The standard InChI is InChI=1S/C33H42N2O7/c1-5-40-28-20-23(6-9-27(28)41-15-10-21(2)3)30-29(31(36)24-7-8-26-25(19-24)18-22(4)42-26)32(37)33(38)35(30)12-11-34-13-16-39-17-14-34/h6-9,19-22,30,36H,5,10-18H2,1-4H3/t22-,30-/m1/s1. The predicted molar refractivity (Wildman–Crippen MR) is 159 cm³/mol. The molecule has 5 rings (SSSR count). The van der Waals surface area contributed by atoms with Gasteiger partial charge in [0.25, 0.3) is 11.7 Å². The van der Waals surface area contributed by atoms with Crippen LogP contribution in [0.3, 0.4) is 0 Å². The Labute approximate surface area is 248 Å². The Balaban J connectivity index is 1.53. The molecule has 226 valence electrons. The van der Waals surface area contributed by atoms with Gasteiger partial charge in [0, 0.05) is 38.2 Å². The third-order valence-electron chi connectivity index (χ3n) is 8.01. The van der Waals surface area contributed by atoms with E-state index in [2.05, 4.69) is 18.7 Å². The Morgan fingerprint density at radius 2 is 1.83 bits per heavy atom. The minimum absolute atomic E-state index is 0.0430. The Kier molecular flexibility index (Phi) is 9.38. The molecular formula is C33H42N2O7. The fourth-order valence-corrected chi connectivity index (χ4v) is 5.74.